The highest BCUT2D eigenvalue weighted by Crippen LogP contribution is 2.28. The molecule has 1 N–H and O–H groups in total. The zero-order chi connectivity index (χ0) is 16.2. The van der Waals surface area contributed by atoms with Crippen LogP contribution in [0, 0.1) is 6.92 Å². The Kier molecular flexibility index (Phi) is 5.51. The number of benzene rings is 1. The average molecular weight is 393 g/mol. The molecule has 0 radical (unpaired) electrons. The number of halogens is 1. The van der Waals surface area contributed by atoms with Gasteiger partial charge in [-0.2, -0.15) is 0 Å². The van der Waals surface area contributed by atoms with E-state index in [1.165, 1.54) is 17.7 Å². The van der Waals surface area contributed by atoms with E-state index in [1.54, 1.807) is 11.3 Å². The number of nitrogens with zero attached hydrogens (tertiary/aromatic N) is 1. The Morgan fingerprint density at radius 3 is 2.78 bits per heavy atom. The van der Waals surface area contributed by atoms with Gasteiger partial charge in [-0.3, -0.25) is 9.69 Å². The smallest absolute Gasteiger partial charge is 0.251 e. The summed E-state index contributed by atoms with van der Waals surface area (Å²) in [6.45, 7) is 4.87. The summed E-state index contributed by atoms with van der Waals surface area (Å²) in [4.78, 5) is 16.3. The van der Waals surface area contributed by atoms with E-state index < -0.39 is 0 Å². The molecule has 3 rings (SSSR count). The van der Waals surface area contributed by atoms with Crippen LogP contribution in [0.25, 0.3) is 0 Å². The maximum Gasteiger partial charge on any atom is 0.251 e. The average Bonchev–Trinajstić information content (AvgIpc) is 3.21. The van der Waals surface area contributed by atoms with Crippen LogP contribution in [-0.2, 0) is 0 Å². The molecule has 2 aromatic rings. The van der Waals surface area contributed by atoms with Gasteiger partial charge in [0.05, 0.1) is 6.04 Å². The molecule has 1 aliphatic heterocycles. The number of rotatable bonds is 5. The van der Waals surface area contributed by atoms with Crippen molar-refractivity contribution in [3.05, 3.63) is 56.2 Å². The summed E-state index contributed by atoms with van der Waals surface area (Å²) in [5.41, 5.74) is 1.74. The number of carbonyl (C=O) groups is 1. The van der Waals surface area contributed by atoms with Gasteiger partial charge in [0.1, 0.15) is 0 Å². The highest BCUT2D eigenvalue weighted by atomic mass is 79.9. The fourth-order valence-corrected chi connectivity index (χ4v) is 4.45. The van der Waals surface area contributed by atoms with Crippen molar-refractivity contribution in [3.8, 4) is 0 Å². The minimum absolute atomic E-state index is 0.00996. The van der Waals surface area contributed by atoms with E-state index in [2.05, 4.69) is 43.7 Å². The second kappa shape index (κ2) is 7.60. The highest BCUT2D eigenvalue weighted by molar-refractivity contribution is 9.10. The lowest BCUT2D eigenvalue weighted by molar-refractivity contribution is 0.0938. The first kappa shape index (κ1) is 16.7. The van der Waals surface area contributed by atoms with Crippen LogP contribution in [0.2, 0.25) is 0 Å². The first-order chi connectivity index (χ1) is 11.1. The first-order valence-electron chi connectivity index (χ1n) is 7.97. The van der Waals surface area contributed by atoms with Gasteiger partial charge in [0.2, 0.25) is 0 Å². The molecular formula is C18H21BrN2OS. The number of likely N-dealkylation sites (tertiary alicyclic amines) is 1. The predicted octanol–water partition coefficient (Wildman–Crippen LogP) is 4.39. The maximum atomic E-state index is 12.5. The standard InChI is InChI=1S/C18H21BrN2OS/c1-13-11-14(19)6-7-15(13)18(22)20-12-16(17-5-4-10-23-17)21-8-2-3-9-21/h4-7,10-11,16H,2-3,8-9,12H2,1H3,(H,20,22). The number of thiophene rings is 1. The summed E-state index contributed by atoms with van der Waals surface area (Å²) >= 11 is 5.21. The molecule has 1 aliphatic rings. The van der Waals surface area contributed by atoms with Gasteiger partial charge in [0.25, 0.3) is 5.91 Å². The van der Waals surface area contributed by atoms with Crippen LogP contribution in [0.3, 0.4) is 0 Å². The Labute approximate surface area is 149 Å². The minimum atomic E-state index is 0.00996. The second-order valence-electron chi connectivity index (χ2n) is 5.94. The van der Waals surface area contributed by atoms with Crippen molar-refractivity contribution in [2.24, 2.45) is 0 Å². The van der Waals surface area contributed by atoms with Crippen LogP contribution in [0.5, 0.6) is 0 Å². The van der Waals surface area contributed by atoms with Crippen LogP contribution in [-0.4, -0.2) is 30.4 Å². The van der Waals surface area contributed by atoms with Crippen molar-refractivity contribution >= 4 is 33.2 Å². The molecule has 23 heavy (non-hydrogen) atoms. The van der Waals surface area contributed by atoms with E-state index in [0.29, 0.717) is 6.54 Å². The molecule has 3 nitrogen and oxygen atoms in total. The van der Waals surface area contributed by atoms with Gasteiger partial charge in [-0.25, -0.2) is 0 Å². The fourth-order valence-electron chi connectivity index (χ4n) is 3.11. The van der Waals surface area contributed by atoms with Gasteiger partial charge in [-0.05, 0) is 68.1 Å². The zero-order valence-electron chi connectivity index (χ0n) is 13.2. The molecule has 5 heteroatoms. The Hall–Kier alpha value is -1.17. The lowest BCUT2D eigenvalue weighted by atomic mass is 10.1. The molecule has 2 heterocycles. The molecule has 0 bridgehead atoms. The normalized spacial score (nSPS) is 16.4. The van der Waals surface area contributed by atoms with Gasteiger partial charge < -0.3 is 5.32 Å². The van der Waals surface area contributed by atoms with Crippen LogP contribution in [0.15, 0.2) is 40.2 Å². The summed E-state index contributed by atoms with van der Waals surface area (Å²) < 4.78 is 1.00. The lowest BCUT2D eigenvalue weighted by Gasteiger charge is -2.27. The molecule has 1 unspecified atom stereocenters. The molecule has 1 atom stereocenters. The maximum absolute atomic E-state index is 12.5. The third-order valence-corrected chi connectivity index (χ3v) is 5.81. The highest BCUT2D eigenvalue weighted by Gasteiger charge is 2.25. The number of aryl methyl sites for hydroxylation is 1. The third kappa shape index (κ3) is 4.03. The van der Waals surface area contributed by atoms with E-state index in [0.717, 1.165) is 28.7 Å². The van der Waals surface area contributed by atoms with Crippen molar-refractivity contribution in [2.75, 3.05) is 19.6 Å². The first-order valence-corrected chi connectivity index (χ1v) is 9.64. The number of hydrogen-bond acceptors (Lipinski definition) is 3. The molecule has 1 aromatic carbocycles. The second-order valence-corrected chi connectivity index (χ2v) is 7.84. The summed E-state index contributed by atoms with van der Waals surface area (Å²) in [7, 11) is 0. The topological polar surface area (TPSA) is 32.3 Å². The third-order valence-electron chi connectivity index (χ3n) is 4.34. The lowest BCUT2D eigenvalue weighted by Crippen LogP contribution is -2.36. The Morgan fingerprint density at radius 1 is 1.35 bits per heavy atom. The number of amides is 1. The summed E-state index contributed by atoms with van der Waals surface area (Å²) in [5.74, 6) is 0.00996. The molecule has 1 aromatic heterocycles. The Bertz CT molecular complexity index is 666. The zero-order valence-corrected chi connectivity index (χ0v) is 15.6. The number of hydrogen-bond donors (Lipinski definition) is 1. The van der Waals surface area contributed by atoms with Crippen LogP contribution in [0.1, 0.15) is 39.7 Å². The van der Waals surface area contributed by atoms with Gasteiger partial charge in [-0.15, -0.1) is 11.3 Å². The van der Waals surface area contributed by atoms with Crippen molar-refractivity contribution in [2.45, 2.75) is 25.8 Å². The van der Waals surface area contributed by atoms with Crippen molar-refractivity contribution in [1.29, 1.82) is 0 Å². The minimum Gasteiger partial charge on any atom is -0.350 e. The van der Waals surface area contributed by atoms with Crippen LogP contribution < -0.4 is 5.32 Å². The molecule has 0 spiro atoms. The molecule has 1 amide bonds. The molecule has 1 saturated heterocycles. The fraction of sp³-hybridized carbons (Fsp3) is 0.389. The van der Waals surface area contributed by atoms with Crippen molar-refractivity contribution in [1.82, 2.24) is 10.2 Å². The summed E-state index contributed by atoms with van der Waals surface area (Å²) in [6, 6.07) is 10.3. The van der Waals surface area contributed by atoms with Crippen molar-refractivity contribution < 1.29 is 4.79 Å². The van der Waals surface area contributed by atoms with E-state index in [9.17, 15) is 4.79 Å². The predicted molar refractivity (Wildman–Crippen MR) is 99.1 cm³/mol. The van der Waals surface area contributed by atoms with Crippen LogP contribution >= 0.6 is 27.3 Å². The molecule has 1 fully saturated rings. The molecular weight excluding hydrogens is 372 g/mol. The van der Waals surface area contributed by atoms with Gasteiger partial charge in [-0.1, -0.05) is 22.0 Å². The Morgan fingerprint density at radius 2 is 2.13 bits per heavy atom. The van der Waals surface area contributed by atoms with E-state index in [4.69, 9.17) is 0 Å². The number of nitrogens with one attached hydrogen (secondary N) is 1. The van der Waals surface area contributed by atoms with E-state index in [-0.39, 0.29) is 11.9 Å². The summed E-state index contributed by atoms with van der Waals surface area (Å²) in [5, 5.41) is 5.25. The molecule has 122 valence electrons. The summed E-state index contributed by atoms with van der Waals surface area (Å²) in [6.07, 6.45) is 2.50. The van der Waals surface area contributed by atoms with Crippen LogP contribution in [0.4, 0.5) is 0 Å². The van der Waals surface area contributed by atoms with Gasteiger partial charge >= 0.3 is 0 Å². The van der Waals surface area contributed by atoms with Crippen molar-refractivity contribution in [3.63, 3.8) is 0 Å². The quantitative estimate of drug-likeness (QED) is 0.818. The molecule has 0 saturated carbocycles. The largest absolute Gasteiger partial charge is 0.350 e. The monoisotopic (exact) mass is 392 g/mol. The van der Waals surface area contributed by atoms with Gasteiger partial charge in [0, 0.05) is 21.5 Å². The SMILES string of the molecule is Cc1cc(Br)ccc1C(=O)NCC(c1cccs1)N1CCCC1. The van der Waals surface area contributed by atoms with Gasteiger partial charge in [0.15, 0.2) is 0 Å². The van der Waals surface area contributed by atoms with E-state index >= 15 is 0 Å². The Balaban J connectivity index is 1.69. The molecule has 0 aliphatic carbocycles. The number of carbonyl (C=O) groups excluding carboxylic acids is 1. The van der Waals surface area contributed by atoms with E-state index in [1.807, 2.05) is 25.1 Å².